The minimum atomic E-state index is -5.16. The number of aromatic amines is 1. The summed E-state index contributed by atoms with van der Waals surface area (Å²) in [7, 11) is 0. The molecule has 0 aromatic carbocycles. The molecule has 0 aliphatic heterocycles. The molecule has 4 nitrogen and oxygen atoms in total. The van der Waals surface area contributed by atoms with Gasteiger partial charge in [-0.15, -0.1) is 0 Å². The maximum absolute atomic E-state index is 12.9. The Morgan fingerprint density at radius 3 is 2.39 bits per heavy atom. The highest BCUT2D eigenvalue weighted by molar-refractivity contribution is 5.81. The summed E-state index contributed by atoms with van der Waals surface area (Å²) < 4.78 is 43.0. The van der Waals surface area contributed by atoms with E-state index < -0.39 is 23.4 Å². The molecule has 0 fully saturated rings. The first kappa shape index (κ1) is 14.6. The van der Waals surface area contributed by atoms with Gasteiger partial charge in [0.2, 0.25) is 0 Å². The third kappa shape index (κ3) is 2.35. The topological polar surface area (TPSA) is 62.3 Å². The zero-order chi connectivity index (χ0) is 14.0. The molecule has 0 spiro atoms. The molecule has 0 unspecified atom stereocenters. The zero-order valence-electron chi connectivity index (χ0n) is 9.97. The summed E-state index contributed by atoms with van der Waals surface area (Å²) in [5.74, 6) is -1.73. The number of aromatic nitrogens is 1. The van der Waals surface area contributed by atoms with Gasteiger partial charge < -0.3 is 14.8 Å². The number of ether oxygens (including phenoxy) is 1. The first-order chi connectivity index (χ1) is 8.27. The lowest BCUT2D eigenvalue weighted by molar-refractivity contribution is -0.269. The molecule has 7 heteroatoms. The Labute approximate surface area is 102 Å². The summed E-state index contributed by atoms with van der Waals surface area (Å²) in [6.07, 6.45) is -4.70. The average molecular weight is 265 g/mol. The van der Waals surface area contributed by atoms with E-state index in [-0.39, 0.29) is 6.61 Å². The Balaban J connectivity index is 3.24. The van der Waals surface area contributed by atoms with E-state index in [0.717, 1.165) is 6.07 Å². The summed E-state index contributed by atoms with van der Waals surface area (Å²) in [6, 6.07) is 2.41. The molecule has 1 aromatic rings. The van der Waals surface area contributed by atoms with Gasteiger partial charge in [-0.25, -0.2) is 4.79 Å². The first-order valence-corrected chi connectivity index (χ1v) is 5.42. The predicted molar refractivity (Wildman–Crippen MR) is 56.8 cm³/mol. The number of aryl methyl sites for hydroxylation is 1. The van der Waals surface area contributed by atoms with Crippen molar-refractivity contribution in [3.63, 3.8) is 0 Å². The van der Waals surface area contributed by atoms with Crippen molar-refractivity contribution in [3.05, 3.63) is 23.5 Å². The van der Waals surface area contributed by atoms with Crippen LogP contribution in [0.1, 0.15) is 25.2 Å². The molecule has 1 aromatic heterocycles. The monoisotopic (exact) mass is 265 g/mol. The number of halogens is 3. The van der Waals surface area contributed by atoms with Gasteiger partial charge in [-0.2, -0.15) is 13.2 Å². The maximum Gasteiger partial charge on any atom is 0.434 e. The van der Waals surface area contributed by atoms with E-state index >= 15 is 0 Å². The van der Waals surface area contributed by atoms with Crippen molar-refractivity contribution in [2.75, 3.05) is 6.61 Å². The van der Waals surface area contributed by atoms with E-state index in [1.54, 1.807) is 6.92 Å². The summed E-state index contributed by atoms with van der Waals surface area (Å²) in [4.78, 5) is 13.8. The van der Waals surface area contributed by atoms with Crippen LogP contribution in [0.3, 0.4) is 0 Å². The Kier molecular flexibility index (Phi) is 4.05. The number of nitrogens with one attached hydrogen (secondary N) is 1. The molecule has 1 rings (SSSR count). The third-order valence-corrected chi connectivity index (χ3v) is 2.50. The highest BCUT2D eigenvalue weighted by atomic mass is 19.4. The molecule has 1 atom stereocenters. The van der Waals surface area contributed by atoms with Gasteiger partial charge in [0.15, 0.2) is 0 Å². The molecule has 2 N–H and O–H groups in total. The Bertz CT molecular complexity index is 427. The standard InChI is InChI=1S/C11H14F3NO3/c1-3-7-5-6-8(15-7)10(17,11(12,13)14)9(16)18-4-2/h5-6,15,17H,3-4H2,1-2H3/t10-/m1/s1. The van der Waals surface area contributed by atoms with Gasteiger partial charge in [0.05, 0.1) is 12.3 Å². The van der Waals surface area contributed by atoms with Crippen LogP contribution in [-0.4, -0.2) is 28.8 Å². The minimum absolute atomic E-state index is 0.251. The van der Waals surface area contributed by atoms with Crippen LogP contribution >= 0.6 is 0 Å². The van der Waals surface area contributed by atoms with E-state index in [9.17, 15) is 23.1 Å². The number of rotatable bonds is 4. The summed E-state index contributed by atoms with van der Waals surface area (Å²) in [6.45, 7) is 2.84. The molecular weight excluding hydrogens is 251 g/mol. The lowest BCUT2D eigenvalue weighted by atomic mass is 9.99. The third-order valence-electron chi connectivity index (χ3n) is 2.50. The number of esters is 1. The Hall–Kier alpha value is -1.50. The molecule has 0 saturated heterocycles. The van der Waals surface area contributed by atoms with Gasteiger partial charge >= 0.3 is 12.1 Å². The molecule has 0 radical (unpaired) electrons. The smallest absolute Gasteiger partial charge is 0.434 e. The molecule has 0 aliphatic carbocycles. The van der Waals surface area contributed by atoms with Crippen LogP contribution in [-0.2, 0) is 21.6 Å². The molecule has 102 valence electrons. The van der Waals surface area contributed by atoms with E-state index in [2.05, 4.69) is 9.72 Å². The van der Waals surface area contributed by atoms with Crippen LogP contribution in [0.25, 0.3) is 0 Å². The summed E-state index contributed by atoms with van der Waals surface area (Å²) in [5.41, 5.74) is -3.81. The van der Waals surface area contributed by atoms with Crippen LogP contribution in [0, 0.1) is 0 Å². The molecule has 0 bridgehead atoms. The molecular formula is C11H14F3NO3. The van der Waals surface area contributed by atoms with Crippen molar-refractivity contribution >= 4 is 5.97 Å². The van der Waals surface area contributed by atoms with Crippen molar-refractivity contribution in [3.8, 4) is 0 Å². The number of hydrogen-bond donors (Lipinski definition) is 2. The van der Waals surface area contributed by atoms with Crippen molar-refractivity contribution in [1.29, 1.82) is 0 Å². The number of carbonyl (C=O) groups excluding carboxylic acids is 1. The van der Waals surface area contributed by atoms with Gasteiger partial charge in [-0.3, -0.25) is 0 Å². The molecule has 0 saturated carbocycles. The highest BCUT2D eigenvalue weighted by Crippen LogP contribution is 2.39. The maximum atomic E-state index is 12.9. The second-order valence-corrected chi connectivity index (χ2v) is 3.68. The lowest BCUT2D eigenvalue weighted by Gasteiger charge is -2.27. The fraction of sp³-hybridized carbons (Fsp3) is 0.545. The quantitative estimate of drug-likeness (QED) is 0.817. The normalized spacial score (nSPS) is 15.2. The van der Waals surface area contributed by atoms with Crippen molar-refractivity contribution in [2.45, 2.75) is 32.0 Å². The number of alkyl halides is 3. The highest BCUT2D eigenvalue weighted by Gasteiger charge is 2.63. The number of hydrogen-bond acceptors (Lipinski definition) is 3. The van der Waals surface area contributed by atoms with Crippen LogP contribution in [0.5, 0.6) is 0 Å². The summed E-state index contributed by atoms with van der Waals surface area (Å²) in [5, 5.41) is 9.70. The fourth-order valence-corrected chi connectivity index (χ4v) is 1.47. The first-order valence-electron chi connectivity index (χ1n) is 5.42. The second-order valence-electron chi connectivity index (χ2n) is 3.68. The number of carbonyl (C=O) groups is 1. The van der Waals surface area contributed by atoms with Gasteiger partial charge in [0, 0.05) is 5.69 Å². The van der Waals surface area contributed by atoms with Gasteiger partial charge in [0.1, 0.15) is 0 Å². The van der Waals surface area contributed by atoms with Crippen LogP contribution in [0.4, 0.5) is 13.2 Å². The lowest BCUT2D eigenvalue weighted by Crippen LogP contribution is -2.50. The fourth-order valence-electron chi connectivity index (χ4n) is 1.47. The SMILES string of the molecule is CCOC(=O)[C@](O)(c1ccc(CC)[nH]1)C(F)(F)F. The van der Waals surface area contributed by atoms with Crippen LogP contribution in [0.15, 0.2) is 12.1 Å². The van der Waals surface area contributed by atoms with Gasteiger partial charge in [-0.1, -0.05) is 6.92 Å². The Morgan fingerprint density at radius 1 is 1.39 bits per heavy atom. The second kappa shape index (κ2) is 5.01. The molecule has 0 aliphatic rings. The predicted octanol–water partition coefficient (Wildman–Crippen LogP) is 1.89. The largest absolute Gasteiger partial charge is 0.463 e. The average Bonchev–Trinajstić information content (AvgIpc) is 2.75. The van der Waals surface area contributed by atoms with Crippen molar-refractivity contribution < 1.29 is 27.8 Å². The molecule has 1 heterocycles. The number of aliphatic hydroxyl groups is 1. The van der Waals surface area contributed by atoms with Crippen molar-refractivity contribution in [1.82, 2.24) is 4.98 Å². The van der Waals surface area contributed by atoms with Crippen LogP contribution in [0.2, 0.25) is 0 Å². The van der Waals surface area contributed by atoms with Crippen LogP contribution < -0.4 is 0 Å². The summed E-state index contributed by atoms with van der Waals surface area (Å²) >= 11 is 0. The molecule has 0 amide bonds. The van der Waals surface area contributed by atoms with E-state index in [1.165, 1.54) is 13.0 Å². The minimum Gasteiger partial charge on any atom is -0.463 e. The van der Waals surface area contributed by atoms with E-state index in [0.29, 0.717) is 12.1 Å². The van der Waals surface area contributed by atoms with E-state index in [4.69, 9.17) is 0 Å². The van der Waals surface area contributed by atoms with Gasteiger partial charge in [-0.05, 0) is 25.5 Å². The van der Waals surface area contributed by atoms with Crippen molar-refractivity contribution in [2.24, 2.45) is 0 Å². The van der Waals surface area contributed by atoms with Gasteiger partial charge in [0.25, 0.3) is 5.60 Å². The van der Waals surface area contributed by atoms with E-state index in [1.807, 2.05) is 0 Å². The number of H-pyrrole nitrogens is 1. The Morgan fingerprint density at radius 2 is 2.00 bits per heavy atom. The zero-order valence-corrected chi connectivity index (χ0v) is 9.97. The molecule has 18 heavy (non-hydrogen) atoms.